The van der Waals surface area contributed by atoms with Gasteiger partial charge in [-0.15, -0.1) is 0 Å². The lowest BCUT2D eigenvalue weighted by Crippen LogP contribution is -2.38. The molecular formula is C15H12FN3O4. The first-order valence-electron chi connectivity index (χ1n) is 6.71. The third-order valence-corrected chi connectivity index (χ3v) is 3.40. The van der Waals surface area contributed by atoms with Crippen LogP contribution in [0, 0.1) is 5.82 Å². The summed E-state index contributed by atoms with van der Waals surface area (Å²) in [5.74, 6) is -1.40. The number of hydrogen-bond donors (Lipinski definition) is 2. The highest BCUT2D eigenvalue weighted by Crippen LogP contribution is 2.32. The van der Waals surface area contributed by atoms with Crippen LogP contribution in [-0.4, -0.2) is 28.6 Å². The minimum Gasteiger partial charge on any atom is -0.482 e. The molecule has 2 heterocycles. The van der Waals surface area contributed by atoms with Gasteiger partial charge < -0.3 is 4.74 Å². The van der Waals surface area contributed by atoms with Crippen molar-refractivity contribution in [3.63, 3.8) is 0 Å². The van der Waals surface area contributed by atoms with Gasteiger partial charge in [0.1, 0.15) is 11.6 Å². The van der Waals surface area contributed by atoms with Crippen molar-refractivity contribution in [1.29, 1.82) is 0 Å². The van der Waals surface area contributed by atoms with Gasteiger partial charge in [0.05, 0.1) is 23.5 Å². The van der Waals surface area contributed by atoms with Crippen molar-refractivity contribution in [3.8, 4) is 5.75 Å². The van der Waals surface area contributed by atoms with Crippen molar-refractivity contribution in [1.82, 2.24) is 10.5 Å². The van der Waals surface area contributed by atoms with Gasteiger partial charge in [0.25, 0.3) is 11.8 Å². The normalized spacial score (nSPS) is 13.3. The molecule has 1 aromatic carbocycles. The second kappa shape index (κ2) is 6.01. The molecule has 3 rings (SSSR count). The summed E-state index contributed by atoms with van der Waals surface area (Å²) in [5.41, 5.74) is 1.81. The molecule has 1 aromatic heterocycles. The summed E-state index contributed by atoms with van der Waals surface area (Å²) in [5, 5.41) is 8.54. The van der Waals surface area contributed by atoms with E-state index in [2.05, 4.69) is 4.98 Å². The highest BCUT2D eigenvalue weighted by atomic mass is 19.1. The monoisotopic (exact) mass is 317 g/mol. The number of nitrogens with one attached hydrogen (secondary N) is 1. The Hall–Kier alpha value is -3.00. The quantitative estimate of drug-likeness (QED) is 0.657. The molecule has 0 unspecified atom stereocenters. The molecule has 0 saturated carbocycles. The average molecular weight is 317 g/mol. The number of anilines is 1. The minimum absolute atomic E-state index is 0.00421. The summed E-state index contributed by atoms with van der Waals surface area (Å²) in [7, 11) is 0. The molecule has 0 aliphatic carbocycles. The summed E-state index contributed by atoms with van der Waals surface area (Å²) < 4.78 is 19.4. The number of benzene rings is 1. The number of aromatic nitrogens is 1. The molecule has 1 aliphatic heterocycles. The van der Waals surface area contributed by atoms with E-state index in [0.717, 1.165) is 12.3 Å². The Kier molecular flexibility index (Phi) is 3.90. The Morgan fingerprint density at radius 1 is 1.43 bits per heavy atom. The maximum Gasteiger partial charge on any atom is 0.276 e. The molecule has 0 fully saturated rings. The van der Waals surface area contributed by atoms with Crippen LogP contribution in [-0.2, 0) is 11.3 Å². The molecular weight excluding hydrogens is 305 g/mol. The van der Waals surface area contributed by atoms with E-state index in [9.17, 15) is 14.0 Å². The number of rotatable bonds is 3. The Labute approximate surface area is 130 Å². The molecule has 2 amide bonds. The van der Waals surface area contributed by atoms with Crippen molar-refractivity contribution >= 4 is 17.5 Å². The zero-order valence-electron chi connectivity index (χ0n) is 11.8. The van der Waals surface area contributed by atoms with Crippen molar-refractivity contribution in [2.45, 2.75) is 6.54 Å². The Bertz CT molecular complexity index is 781. The molecule has 7 nitrogen and oxygen atoms in total. The number of carbonyl (C=O) groups is 2. The van der Waals surface area contributed by atoms with E-state index in [1.165, 1.54) is 10.4 Å². The van der Waals surface area contributed by atoms with Gasteiger partial charge in [0, 0.05) is 6.20 Å². The fourth-order valence-electron chi connectivity index (χ4n) is 2.25. The van der Waals surface area contributed by atoms with Crippen LogP contribution < -0.4 is 15.1 Å². The van der Waals surface area contributed by atoms with Gasteiger partial charge in [-0.2, -0.15) is 0 Å². The van der Waals surface area contributed by atoms with Crippen molar-refractivity contribution in [2.75, 3.05) is 11.5 Å². The summed E-state index contributed by atoms with van der Waals surface area (Å²) in [4.78, 5) is 28.5. The number of hydrogen-bond acceptors (Lipinski definition) is 5. The molecule has 118 valence electrons. The molecule has 0 spiro atoms. The number of nitrogens with zero attached hydrogens (tertiary/aromatic N) is 2. The van der Waals surface area contributed by atoms with Crippen LogP contribution in [0.2, 0.25) is 0 Å². The standard InChI is InChI=1S/C15H12FN3O4/c16-10-5-9(15(21)18-22)6-17-11(10)7-19-12-3-1-2-4-13(12)23-8-14(19)20/h1-6,22H,7-8H2,(H,18,21). The molecule has 2 aromatic rings. The summed E-state index contributed by atoms with van der Waals surface area (Å²) >= 11 is 0. The number of hydroxylamine groups is 1. The Balaban J connectivity index is 1.90. The van der Waals surface area contributed by atoms with Crippen molar-refractivity contribution in [3.05, 3.63) is 53.6 Å². The number of para-hydroxylation sites is 2. The Morgan fingerprint density at radius 3 is 2.96 bits per heavy atom. The number of ether oxygens (including phenoxy) is 1. The molecule has 0 bridgehead atoms. The predicted molar refractivity (Wildman–Crippen MR) is 76.6 cm³/mol. The minimum atomic E-state index is -0.865. The van der Waals surface area contributed by atoms with E-state index in [1.807, 2.05) is 0 Å². The molecule has 0 atom stereocenters. The van der Waals surface area contributed by atoms with Gasteiger partial charge in [-0.05, 0) is 18.2 Å². The highest BCUT2D eigenvalue weighted by molar-refractivity contribution is 5.97. The fraction of sp³-hybridized carbons (Fsp3) is 0.133. The van der Waals surface area contributed by atoms with Crippen LogP contribution in [0.15, 0.2) is 36.5 Å². The number of carbonyl (C=O) groups excluding carboxylic acids is 2. The van der Waals surface area contributed by atoms with Gasteiger partial charge in [0.2, 0.25) is 0 Å². The molecule has 1 aliphatic rings. The number of halogens is 1. The van der Waals surface area contributed by atoms with Crippen LogP contribution in [0.4, 0.5) is 10.1 Å². The number of fused-ring (bicyclic) bond motifs is 1. The smallest absolute Gasteiger partial charge is 0.276 e. The third kappa shape index (κ3) is 2.84. The third-order valence-electron chi connectivity index (χ3n) is 3.40. The average Bonchev–Trinajstić information content (AvgIpc) is 2.58. The number of amides is 2. The first-order chi connectivity index (χ1) is 11.1. The largest absolute Gasteiger partial charge is 0.482 e. The summed E-state index contributed by atoms with van der Waals surface area (Å²) in [6.07, 6.45) is 1.13. The van der Waals surface area contributed by atoms with Crippen LogP contribution in [0.1, 0.15) is 16.1 Å². The van der Waals surface area contributed by atoms with Crippen LogP contribution in [0.25, 0.3) is 0 Å². The first kappa shape index (κ1) is 14.9. The lowest BCUT2D eigenvalue weighted by atomic mass is 10.2. The molecule has 23 heavy (non-hydrogen) atoms. The predicted octanol–water partition coefficient (Wildman–Crippen LogP) is 1.27. The van der Waals surface area contributed by atoms with Gasteiger partial charge in [0.15, 0.2) is 6.61 Å². The van der Waals surface area contributed by atoms with Crippen molar-refractivity contribution < 1.29 is 23.9 Å². The van der Waals surface area contributed by atoms with Crippen molar-refractivity contribution in [2.24, 2.45) is 0 Å². The molecule has 0 radical (unpaired) electrons. The van der Waals surface area contributed by atoms with E-state index in [1.54, 1.807) is 24.3 Å². The summed E-state index contributed by atoms with van der Waals surface area (Å²) in [6, 6.07) is 7.87. The molecule has 2 N–H and O–H groups in total. The topological polar surface area (TPSA) is 91.8 Å². The second-order valence-corrected chi connectivity index (χ2v) is 4.83. The summed E-state index contributed by atoms with van der Waals surface area (Å²) in [6.45, 7) is -0.226. The van der Waals surface area contributed by atoms with Gasteiger partial charge in [-0.25, -0.2) is 9.87 Å². The highest BCUT2D eigenvalue weighted by Gasteiger charge is 2.26. The van der Waals surface area contributed by atoms with E-state index >= 15 is 0 Å². The molecule has 8 heteroatoms. The first-order valence-corrected chi connectivity index (χ1v) is 6.71. The van der Waals surface area contributed by atoms with E-state index in [-0.39, 0.29) is 30.3 Å². The lowest BCUT2D eigenvalue weighted by molar-refractivity contribution is -0.121. The maximum atomic E-state index is 14.1. The molecule has 0 saturated heterocycles. The SMILES string of the molecule is O=C(NO)c1cnc(CN2C(=O)COc3ccccc32)c(F)c1. The zero-order chi connectivity index (χ0) is 16.4. The van der Waals surface area contributed by atoms with E-state index in [4.69, 9.17) is 9.94 Å². The fourth-order valence-corrected chi connectivity index (χ4v) is 2.25. The van der Waals surface area contributed by atoms with E-state index in [0.29, 0.717) is 11.4 Å². The van der Waals surface area contributed by atoms with Crippen LogP contribution in [0.5, 0.6) is 5.75 Å². The number of pyridine rings is 1. The van der Waals surface area contributed by atoms with Crippen LogP contribution in [0.3, 0.4) is 0 Å². The van der Waals surface area contributed by atoms with Gasteiger partial charge in [-0.3, -0.25) is 24.7 Å². The lowest BCUT2D eigenvalue weighted by Gasteiger charge is -2.29. The maximum absolute atomic E-state index is 14.1. The Morgan fingerprint density at radius 2 is 2.22 bits per heavy atom. The van der Waals surface area contributed by atoms with Gasteiger partial charge in [-0.1, -0.05) is 12.1 Å². The van der Waals surface area contributed by atoms with Crippen LogP contribution >= 0.6 is 0 Å². The van der Waals surface area contributed by atoms with E-state index < -0.39 is 11.7 Å². The second-order valence-electron chi connectivity index (χ2n) is 4.83. The van der Waals surface area contributed by atoms with Gasteiger partial charge >= 0.3 is 0 Å². The zero-order valence-corrected chi connectivity index (χ0v) is 11.8.